The van der Waals surface area contributed by atoms with E-state index in [2.05, 4.69) is 11.8 Å². The molecule has 0 unspecified atom stereocenters. The van der Waals surface area contributed by atoms with Crippen molar-refractivity contribution in [3.63, 3.8) is 0 Å². The summed E-state index contributed by atoms with van der Waals surface area (Å²) in [5.41, 5.74) is 6.82. The van der Waals surface area contributed by atoms with Crippen LogP contribution in [-0.2, 0) is 6.54 Å². The van der Waals surface area contributed by atoms with Crippen molar-refractivity contribution >= 4 is 17.2 Å². The first-order valence-electron chi connectivity index (χ1n) is 6.44. The van der Waals surface area contributed by atoms with Crippen LogP contribution in [-0.4, -0.2) is 22.5 Å². The molecule has 2 rings (SSSR count). The van der Waals surface area contributed by atoms with Gasteiger partial charge in [-0.15, -0.1) is 0 Å². The van der Waals surface area contributed by atoms with Crippen molar-refractivity contribution in [3.05, 3.63) is 35.1 Å². The molecule has 1 saturated carbocycles. The Bertz CT molecular complexity index is 443. The minimum Gasteiger partial charge on any atom is -0.389 e. The van der Waals surface area contributed by atoms with Crippen LogP contribution in [0.2, 0.25) is 0 Å². The number of nitrogens with zero attached hydrogens (tertiary/aromatic N) is 1. The molecule has 0 aromatic heterocycles. The maximum atomic E-state index is 14.0. The third kappa shape index (κ3) is 3.27. The first kappa shape index (κ1) is 13.4. The van der Waals surface area contributed by atoms with E-state index in [0.717, 1.165) is 18.5 Å². The second-order valence-corrected chi connectivity index (χ2v) is 5.31. The zero-order valence-electron chi connectivity index (χ0n) is 10.7. The monoisotopic (exact) mass is 266 g/mol. The van der Waals surface area contributed by atoms with Crippen molar-refractivity contribution in [2.45, 2.75) is 38.8 Å². The van der Waals surface area contributed by atoms with E-state index in [1.807, 2.05) is 0 Å². The van der Waals surface area contributed by atoms with E-state index in [9.17, 15) is 4.39 Å². The second-order valence-electron chi connectivity index (χ2n) is 4.87. The lowest BCUT2D eigenvalue weighted by Crippen LogP contribution is -2.26. The molecule has 1 fully saturated rings. The average Bonchev–Trinajstić information content (AvgIpc) is 3.14. The molecule has 1 aliphatic carbocycles. The van der Waals surface area contributed by atoms with Crippen molar-refractivity contribution in [1.82, 2.24) is 4.90 Å². The van der Waals surface area contributed by atoms with Gasteiger partial charge in [0.05, 0.1) is 0 Å². The Kier molecular flexibility index (Phi) is 4.30. The number of thiocarbonyl (C=S) groups is 1. The van der Waals surface area contributed by atoms with E-state index in [1.54, 1.807) is 12.1 Å². The molecule has 0 amide bonds. The van der Waals surface area contributed by atoms with Gasteiger partial charge >= 0.3 is 0 Å². The van der Waals surface area contributed by atoms with Gasteiger partial charge < -0.3 is 5.73 Å². The quantitative estimate of drug-likeness (QED) is 0.803. The molecular weight excluding hydrogens is 247 g/mol. The van der Waals surface area contributed by atoms with Gasteiger partial charge in [0.2, 0.25) is 0 Å². The highest BCUT2D eigenvalue weighted by Crippen LogP contribution is 2.28. The van der Waals surface area contributed by atoms with Gasteiger partial charge in [0.25, 0.3) is 0 Å². The van der Waals surface area contributed by atoms with Crippen LogP contribution in [0, 0.1) is 5.82 Å². The lowest BCUT2D eigenvalue weighted by atomic mass is 10.1. The fraction of sp³-hybridized carbons (Fsp3) is 0.500. The van der Waals surface area contributed by atoms with Gasteiger partial charge in [-0.3, -0.25) is 4.90 Å². The molecule has 0 radical (unpaired) electrons. The third-order valence-corrected chi connectivity index (χ3v) is 3.52. The fourth-order valence-electron chi connectivity index (χ4n) is 2.17. The second kappa shape index (κ2) is 5.76. The first-order valence-corrected chi connectivity index (χ1v) is 6.85. The molecule has 2 nitrogen and oxygen atoms in total. The summed E-state index contributed by atoms with van der Waals surface area (Å²) < 4.78 is 14.0. The summed E-state index contributed by atoms with van der Waals surface area (Å²) in [7, 11) is 0. The van der Waals surface area contributed by atoms with Crippen LogP contribution in [0.15, 0.2) is 18.2 Å². The van der Waals surface area contributed by atoms with Crippen molar-refractivity contribution in [2.24, 2.45) is 5.73 Å². The zero-order valence-corrected chi connectivity index (χ0v) is 11.5. The molecule has 2 N–H and O–H groups in total. The van der Waals surface area contributed by atoms with Crippen molar-refractivity contribution in [3.8, 4) is 0 Å². The molecule has 0 heterocycles. The van der Waals surface area contributed by atoms with Crippen LogP contribution in [0.5, 0.6) is 0 Å². The molecule has 1 aromatic rings. The van der Waals surface area contributed by atoms with Gasteiger partial charge in [0, 0.05) is 23.7 Å². The topological polar surface area (TPSA) is 29.3 Å². The Hall–Kier alpha value is -1.00. The van der Waals surface area contributed by atoms with E-state index < -0.39 is 0 Å². The standard InChI is InChI=1S/C14H19FN2S/c1-2-7-17(12-5-6-12)9-11-4-3-10(14(16)18)8-13(11)15/h3-4,8,12H,2,5-7,9H2,1H3,(H2,16,18). The molecule has 4 heteroatoms. The highest BCUT2D eigenvalue weighted by atomic mass is 32.1. The average molecular weight is 266 g/mol. The van der Waals surface area contributed by atoms with Crippen molar-refractivity contribution in [2.75, 3.05) is 6.54 Å². The summed E-state index contributed by atoms with van der Waals surface area (Å²) in [5, 5.41) is 0. The molecule has 0 atom stereocenters. The summed E-state index contributed by atoms with van der Waals surface area (Å²) in [5.74, 6) is -0.206. The van der Waals surface area contributed by atoms with Gasteiger partial charge in [-0.2, -0.15) is 0 Å². The normalized spacial score (nSPS) is 15.1. The van der Waals surface area contributed by atoms with Gasteiger partial charge in [-0.1, -0.05) is 31.3 Å². The van der Waals surface area contributed by atoms with Crippen LogP contribution >= 0.6 is 12.2 Å². The number of nitrogens with two attached hydrogens (primary N) is 1. The van der Waals surface area contributed by atoms with Crippen LogP contribution < -0.4 is 5.73 Å². The van der Waals surface area contributed by atoms with E-state index >= 15 is 0 Å². The third-order valence-electron chi connectivity index (χ3n) is 3.29. The Morgan fingerprint density at radius 1 is 1.50 bits per heavy atom. The number of hydrogen-bond acceptors (Lipinski definition) is 2. The number of halogens is 1. The van der Waals surface area contributed by atoms with E-state index in [1.165, 1.54) is 18.9 Å². The zero-order chi connectivity index (χ0) is 13.1. The van der Waals surface area contributed by atoms with Gasteiger partial charge in [0.1, 0.15) is 10.8 Å². The highest BCUT2D eigenvalue weighted by molar-refractivity contribution is 7.80. The molecule has 0 aliphatic heterocycles. The Morgan fingerprint density at radius 3 is 2.72 bits per heavy atom. The molecule has 0 bridgehead atoms. The van der Waals surface area contributed by atoms with Crippen LogP contribution in [0.1, 0.15) is 37.3 Å². The van der Waals surface area contributed by atoms with Gasteiger partial charge in [-0.05, 0) is 31.9 Å². The van der Waals surface area contributed by atoms with Crippen LogP contribution in [0.3, 0.4) is 0 Å². The van der Waals surface area contributed by atoms with Crippen LogP contribution in [0.25, 0.3) is 0 Å². The number of benzene rings is 1. The Morgan fingerprint density at radius 2 is 2.22 bits per heavy atom. The minimum atomic E-state index is -0.206. The Balaban J connectivity index is 2.10. The summed E-state index contributed by atoms with van der Waals surface area (Å²) in [6.45, 7) is 3.87. The predicted molar refractivity (Wildman–Crippen MR) is 76.0 cm³/mol. The molecule has 1 aliphatic rings. The van der Waals surface area contributed by atoms with Crippen LogP contribution in [0.4, 0.5) is 4.39 Å². The molecular formula is C14H19FN2S. The molecule has 98 valence electrons. The number of rotatable bonds is 6. The lowest BCUT2D eigenvalue weighted by Gasteiger charge is -2.21. The smallest absolute Gasteiger partial charge is 0.128 e. The van der Waals surface area contributed by atoms with Crippen molar-refractivity contribution in [1.29, 1.82) is 0 Å². The maximum Gasteiger partial charge on any atom is 0.128 e. The summed E-state index contributed by atoms with van der Waals surface area (Å²) >= 11 is 4.85. The Labute approximate surface area is 113 Å². The predicted octanol–water partition coefficient (Wildman–Crippen LogP) is 2.83. The van der Waals surface area contributed by atoms with E-state index in [-0.39, 0.29) is 10.8 Å². The molecule has 0 saturated heterocycles. The highest BCUT2D eigenvalue weighted by Gasteiger charge is 2.28. The maximum absolute atomic E-state index is 14.0. The number of hydrogen-bond donors (Lipinski definition) is 1. The molecule has 0 spiro atoms. The van der Waals surface area contributed by atoms with E-state index in [4.69, 9.17) is 18.0 Å². The van der Waals surface area contributed by atoms with Gasteiger partial charge in [-0.25, -0.2) is 4.39 Å². The SMILES string of the molecule is CCCN(Cc1ccc(C(N)=S)cc1F)C1CC1. The lowest BCUT2D eigenvalue weighted by molar-refractivity contribution is 0.252. The minimum absolute atomic E-state index is 0.206. The molecule has 1 aromatic carbocycles. The first-order chi connectivity index (χ1) is 8.61. The summed E-state index contributed by atoms with van der Waals surface area (Å²) in [6.07, 6.45) is 3.59. The van der Waals surface area contributed by atoms with Crippen molar-refractivity contribution < 1.29 is 4.39 Å². The largest absolute Gasteiger partial charge is 0.389 e. The summed E-state index contributed by atoms with van der Waals surface area (Å²) in [6, 6.07) is 5.70. The summed E-state index contributed by atoms with van der Waals surface area (Å²) in [4.78, 5) is 2.60. The molecule has 18 heavy (non-hydrogen) atoms. The van der Waals surface area contributed by atoms with E-state index in [0.29, 0.717) is 18.2 Å². The van der Waals surface area contributed by atoms with Gasteiger partial charge in [0.15, 0.2) is 0 Å². The fourth-order valence-corrected chi connectivity index (χ4v) is 2.29.